The summed E-state index contributed by atoms with van der Waals surface area (Å²) in [6, 6.07) is -7.94. The smallest absolute Gasteiger partial charge is 0.245 e. The Bertz CT molecular complexity index is 4150. The monoisotopic (exact) mass is 1740 g/mol. The molecule has 1 aliphatic carbocycles. The van der Waals surface area contributed by atoms with Gasteiger partial charge >= 0.3 is 0 Å². The molecule has 1 heterocycles. The van der Waals surface area contributed by atoms with Crippen LogP contribution < -0.4 is 121 Å². The highest BCUT2D eigenvalue weighted by Gasteiger charge is 2.40. The second-order valence-corrected chi connectivity index (χ2v) is 31.9. The summed E-state index contributed by atoms with van der Waals surface area (Å²) in [5.41, 5.74) is 57.6. The zero-order chi connectivity index (χ0) is 92.6. The number of rotatable bonds is 54. The number of aromatic hydroxyl groups is 2. The summed E-state index contributed by atoms with van der Waals surface area (Å²) in [5, 5.41) is 62.1. The number of primary amides is 3. The number of guanidine groups is 3. The maximum Gasteiger partial charge on any atom is 0.245 e. The van der Waals surface area contributed by atoms with Gasteiger partial charge in [-0.05, 0) is 137 Å². The molecule has 15 amide bonds. The van der Waals surface area contributed by atoms with Crippen LogP contribution in [0.3, 0.4) is 0 Å². The maximum atomic E-state index is 14.9. The van der Waals surface area contributed by atoms with E-state index >= 15 is 0 Å². The highest BCUT2D eigenvalue weighted by atomic mass is 16.3. The molecule has 2 aromatic carbocycles. The van der Waals surface area contributed by atoms with Crippen LogP contribution in [0, 0.1) is 23.7 Å². The molecule has 0 bridgehead atoms. The fourth-order valence-electron chi connectivity index (χ4n) is 13.3. The lowest BCUT2D eigenvalue weighted by molar-refractivity contribution is -0.138. The van der Waals surface area contributed by atoms with Gasteiger partial charge in [0.25, 0.3) is 0 Å². The number of nitrogens with two attached hydrogens (primary N) is 10. The number of hydrogen-bond donors (Lipinski definition) is 26. The van der Waals surface area contributed by atoms with Crippen molar-refractivity contribution in [2.24, 2.45) is 96.0 Å². The number of aliphatic hydroxyl groups excluding tert-OH is 1. The van der Waals surface area contributed by atoms with Crippen LogP contribution in [0.4, 0.5) is 0 Å². The number of nitrogens with zero attached hydrogens (tertiary/aromatic N) is 4. The first kappa shape index (κ1) is 103. The van der Waals surface area contributed by atoms with Crippen LogP contribution in [0.5, 0.6) is 11.5 Å². The number of aromatic amines is 1. The second-order valence-electron chi connectivity index (χ2n) is 31.9. The zero-order valence-electron chi connectivity index (χ0n) is 71.0. The van der Waals surface area contributed by atoms with E-state index in [0.29, 0.717) is 36.1 Å². The number of H-pyrrole nitrogens is 1. The number of carbonyl (C=O) groups is 15. The van der Waals surface area contributed by atoms with E-state index in [2.05, 4.69) is 88.7 Å². The molecule has 0 spiro atoms. The van der Waals surface area contributed by atoms with E-state index in [1.54, 1.807) is 27.7 Å². The fourth-order valence-corrected chi connectivity index (χ4v) is 13.3. The molecule has 15 atom stereocenters. The van der Waals surface area contributed by atoms with Crippen LogP contribution in [-0.2, 0) is 91.2 Å². The number of phenols is 2. The number of imidazole rings is 1. The van der Waals surface area contributed by atoms with Crippen molar-refractivity contribution < 1.29 is 87.2 Å². The van der Waals surface area contributed by atoms with Crippen molar-refractivity contribution in [1.29, 1.82) is 0 Å². The normalized spacial score (nSPS) is 16.2. The number of amides is 15. The molecule has 45 heteroatoms. The van der Waals surface area contributed by atoms with Crippen LogP contribution in [0.1, 0.15) is 162 Å². The minimum absolute atomic E-state index is 0.0208. The summed E-state index contributed by atoms with van der Waals surface area (Å²) in [6.45, 7) is 10.8. The first-order chi connectivity index (χ1) is 58.4. The number of benzene rings is 2. The van der Waals surface area contributed by atoms with Crippen molar-refractivity contribution in [3.05, 3.63) is 77.9 Å². The molecule has 1 fully saturated rings. The van der Waals surface area contributed by atoms with Gasteiger partial charge < -0.3 is 141 Å². The molecular weight excluding hydrogens is 1620 g/mol. The van der Waals surface area contributed by atoms with Crippen molar-refractivity contribution in [3.63, 3.8) is 0 Å². The Morgan fingerprint density at radius 3 is 1.19 bits per heavy atom. The van der Waals surface area contributed by atoms with Gasteiger partial charge in [0.1, 0.15) is 84.0 Å². The summed E-state index contributed by atoms with van der Waals surface area (Å²) in [4.78, 5) is 230. The lowest BCUT2D eigenvalue weighted by Gasteiger charge is -2.30. The SMILES string of the molecule is CC(C)C[C@H](NC(=O)[C@H](Cc1ccc(O)cc1)NC(=O)[C@H](Cc1cnc[nH]1)NC(=O)[C@H](CCCN=C(N)N)NC(=O)C1CCCC(N)C1)C(=O)N[C@@H](CC(N)=O)C(=O)N[C@@H](CC(C)C)C(=O)N[C@H](C(=O)N[C@H](C(=O)N[C@@H](CCCN=C(N)N)C(=O)N[C@@H](CCC(N)=O)C(=O)N[C@@H](CCCN=C(N)N)C(=O)N[C@@H](Cc1ccc(O)cc1)C(N)=O)[C@@H](C)O)C(C)C. The molecule has 1 aromatic heterocycles. The quantitative estimate of drug-likeness (QED) is 0.0142. The Labute approximate surface area is 718 Å². The molecule has 36 N–H and O–H groups in total. The molecule has 2 unspecified atom stereocenters. The van der Waals surface area contributed by atoms with E-state index < -0.39 is 204 Å². The molecule has 0 saturated heterocycles. The number of carbonyl (C=O) groups excluding carboxylic acids is 15. The third-order valence-corrected chi connectivity index (χ3v) is 19.8. The second kappa shape index (κ2) is 52.4. The molecule has 3 aromatic rings. The standard InChI is InChI=1S/C79H127N27O18/c1-39(2)30-55(100-71(119)57(33-44-19-23-49(109)24-20-44)102-72(120)58(35-47-37-90-38-94-47)103-68(116)50(14-9-27-91-77(84)85)95-65(113)45-12-8-13-46(80)34-45)70(118)104-59(36-61(82)111)73(121)101-56(31-40(3)4)74(122)105-62(41(5)6)75(123)106-63(42(7)107)76(124)98-52(16-11-29-93-79(88)89)66(114)97-53(25-26-60(81)110)69(117)96-51(15-10-28-92-78(86)87)67(115)99-54(64(83)112)32-43-17-21-48(108)22-18-43/h17-24,37-42,45-46,50-59,62-63,107-109H,8-16,25-36,80H2,1-7H3,(H2,81,110)(H2,82,111)(H2,83,112)(H,90,94)(H,95,113)(H,96,117)(H,97,114)(H,98,124)(H,99,115)(H,100,119)(H,101,121)(H,102,120)(H,103,116)(H,104,118)(H,105,122)(H,106,123)(H4,84,85,91)(H4,86,87,92)(H4,88,89,93)/t42-,45?,46?,50+,51+,52+,53+,54+,55+,56+,57+,58+,59+,62+,63+/m1/s1. The van der Waals surface area contributed by atoms with Crippen LogP contribution in [0.15, 0.2) is 76.0 Å². The van der Waals surface area contributed by atoms with Gasteiger partial charge in [-0.25, -0.2) is 4.98 Å². The highest BCUT2D eigenvalue weighted by Crippen LogP contribution is 2.24. The average molecular weight is 1740 g/mol. The Balaban J connectivity index is 1.62. The number of phenolic OH excluding ortho intramolecular Hbond substituents is 2. The molecule has 686 valence electrons. The van der Waals surface area contributed by atoms with Gasteiger partial charge in [0, 0.05) is 69.2 Å². The van der Waals surface area contributed by atoms with E-state index in [0.717, 1.165) is 13.3 Å². The van der Waals surface area contributed by atoms with Crippen LogP contribution in [0.25, 0.3) is 0 Å². The first-order valence-electron chi connectivity index (χ1n) is 41.0. The van der Waals surface area contributed by atoms with Crippen LogP contribution in [0.2, 0.25) is 0 Å². The molecule has 124 heavy (non-hydrogen) atoms. The first-order valence-corrected chi connectivity index (χ1v) is 41.0. The third kappa shape index (κ3) is 38.4. The van der Waals surface area contributed by atoms with E-state index in [9.17, 15) is 87.2 Å². The summed E-state index contributed by atoms with van der Waals surface area (Å²) in [7, 11) is 0. The Kier molecular flexibility index (Phi) is 43.7. The van der Waals surface area contributed by atoms with Gasteiger partial charge in [-0.15, -0.1) is 0 Å². The minimum atomic E-state index is -1.93. The van der Waals surface area contributed by atoms with E-state index in [1.165, 1.54) is 74.9 Å². The Morgan fingerprint density at radius 2 is 0.790 bits per heavy atom. The van der Waals surface area contributed by atoms with E-state index in [-0.39, 0.29) is 132 Å². The zero-order valence-corrected chi connectivity index (χ0v) is 71.0. The molecule has 4 rings (SSSR count). The van der Waals surface area contributed by atoms with Gasteiger partial charge in [0.15, 0.2) is 17.9 Å². The molecular formula is C79H127N27O18. The predicted octanol–water partition coefficient (Wildman–Crippen LogP) is -6.90. The minimum Gasteiger partial charge on any atom is -0.508 e. The molecule has 45 nitrogen and oxygen atoms in total. The molecule has 1 saturated carbocycles. The molecule has 0 aliphatic heterocycles. The van der Waals surface area contributed by atoms with Gasteiger partial charge in [-0.1, -0.05) is 72.2 Å². The molecule has 0 radical (unpaired) electrons. The van der Waals surface area contributed by atoms with Crippen LogP contribution in [-0.4, -0.2) is 236 Å². The van der Waals surface area contributed by atoms with Crippen molar-refractivity contribution in [2.75, 3.05) is 19.6 Å². The predicted molar refractivity (Wildman–Crippen MR) is 456 cm³/mol. The summed E-state index contributed by atoms with van der Waals surface area (Å²) in [6.07, 6.45) is 0.186. The number of nitrogens with one attached hydrogen (secondary N) is 13. The topological polar surface area (TPSA) is 787 Å². The van der Waals surface area contributed by atoms with Crippen molar-refractivity contribution in [2.45, 2.75) is 249 Å². The van der Waals surface area contributed by atoms with Gasteiger partial charge in [0.05, 0.1) is 18.9 Å². The highest BCUT2D eigenvalue weighted by molar-refractivity contribution is 6.01. The lowest BCUT2D eigenvalue weighted by atomic mass is 9.85. The van der Waals surface area contributed by atoms with Gasteiger partial charge in [-0.2, -0.15) is 0 Å². The fraction of sp³-hybridized carbons (Fsp3) is 0.582. The average Bonchev–Trinajstić information content (AvgIpc) is 0.879. The van der Waals surface area contributed by atoms with E-state index in [4.69, 9.17) is 57.3 Å². The van der Waals surface area contributed by atoms with Crippen molar-refractivity contribution in [1.82, 2.24) is 73.8 Å². The van der Waals surface area contributed by atoms with Gasteiger partial charge in [-0.3, -0.25) is 86.9 Å². The number of aromatic nitrogens is 2. The van der Waals surface area contributed by atoms with Crippen LogP contribution >= 0.6 is 0 Å². The third-order valence-electron chi connectivity index (χ3n) is 19.8. The largest absolute Gasteiger partial charge is 0.508 e. The molecule has 1 aliphatic rings. The van der Waals surface area contributed by atoms with Gasteiger partial charge in [0.2, 0.25) is 88.6 Å². The Hall–Kier alpha value is -13.0. The number of aliphatic hydroxyl groups is 1. The van der Waals surface area contributed by atoms with E-state index in [1.807, 2.05) is 0 Å². The van der Waals surface area contributed by atoms with Crippen molar-refractivity contribution >= 4 is 106 Å². The summed E-state index contributed by atoms with van der Waals surface area (Å²) < 4.78 is 0. The Morgan fingerprint density at radius 1 is 0.427 bits per heavy atom. The lowest BCUT2D eigenvalue weighted by Crippen LogP contribution is -2.63. The van der Waals surface area contributed by atoms with Crippen molar-refractivity contribution in [3.8, 4) is 11.5 Å². The number of hydrogen-bond acceptors (Lipinski definition) is 23. The number of aliphatic imine (C=N–C) groups is 3. The summed E-state index contributed by atoms with van der Waals surface area (Å²) in [5.74, 6) is -17.9. The maximum absolute atomic E-state index is 14.9. The summed E-state index contributed by atoms with van der Waals surface area (Å²) >= 11 is 0.